The summed E-state index contributed by atoms with van der Waals surface area (Å²) in [4.78, 5) is 23.6. The standard InChI is InChI=1S/C18H24INO3/c1-17(13-18(23-22-17)8-3-2-4-9-18)11-16(21)20-12-14-6-5-7-15(19)10-14/h5-7,10H,2-4,8-9,11-13H2,1H3,(H,20,21). The van der Waals surface area contributed by atoms with Crippen molar-refractivity contribution in [2.45, 2.75) is 69.6 Å². The fourth-order valence-corrected chi connectivity index (χ4v) is 4.33. The first-order valence-electron chi connectivity index (χ1n) is 8.37. The van der Waals surface area contributed by atoms with Crippen LogP contribution in [0.5, 0.6) is 0 Å². The molecule has 1 atom stereocenters. The molecule has 5 heteroatoms. The van der Waals surface area contributed by atoms with Gasteiger partial charge in [-0.3, -0.25) is 4.79 Å². The average Bonchev–Trinajstić information content (AvgIpc) is 2.82. The van der Waals surface area contributed by atoms with Crippen LogP contribution in [0.15, 0.2) is 24.3 Å². The van der Waals surface area contributed by atoms with E-state index in [1.54, 1.807) is 0 Å². The molecule has 2 aliphatic rings. The van der Waals surface area contributed by atoms with Crippen molar-refractivity contribution < 1.29 is 14.6 Å². The molecule has 1 saturated carbocycles. The van der Waals surface area contributed by atoms with Crippen molar-refractivity contribution in [2.24, 2.45) is 0 Å². The van der Waals surface area contributed by atoms with Gasteiger partial charge < -0.3 is 5.32 Å². The topological polar surface area (TPSA) is 47.6 Å². The van der Waals surface area contributed by atoms with Crippen molar-refractivity contribution in [3.63, 3.8) is 0 Å². The zero-order chi connectivity index (χ0) is 16.3. The van der Waals surface area contributed by atoms with Gasteiger partial charge in [0.05, 0.1) is 6.42 Å². The summed E-state index contributed by atoms with van der Waals surface area (Å²) in [7, 11) is 0. The molecule has 1 saturated heterocycles. The number of benzene rings is 1. The van der Waals surface area contributed by atoms with E-state index in [2.05, 4.69) is 34.0 Å². The highest BCUT2D eigenvalue weighted by Crippen LogP contribution is 2.46. The van der Waals surface area contributed by atoms with Crippen molar-refractivity contribution in [3.05, 3.63) is 33.4 Å². The second-order valence-corrected chi connectivity index (χ2v) is 8.37. The Kier molecular flexibility index (Phi) is 5.28. The Morgan fingerprint density at radius 1 is 1.26 bits per heavy atom. The van der Waals surface area contributed by atoms with Crippen LogP contribution in [0.25, 0.3) is 0 Å². The van der Waals surface area contributed by atoms with Gasteiger partial charge in [-0.1, -0.05) is 31.4 Å². The molecule has 3 rings (SSSR count). The highest BCUT2D eigenvalue weighted by atomic mass is 127. The largest absolute Gasteiger partial charge is 0.352 e. The molecule has 1 N–H and O–H groups in total. The van der Waals surface area contributed by atoms with Crippen LogP contribution in [0.4, 0.5) is 0 Å². The van der Waals surface area contributed by atoms with Crippen molar-refractivity contribution in [2.75, 3.05) is 0 Å². The number of nitrogens with one attached hydrogen (secondary N) is 1. The molecule has 1 heterocycles. The van der Waals surface area contributed by atoms with Crippen LogP contribution < -0.4 is 5.32 Å². The summed E-state index contributed by atoms with van der Waals surface area (Å²) in [5.74, 6) is 0.0165. The van der Waals surface area contributed by atoms with Crippen LogP contribution in [-0.2, 0) is 21.1 Å². The molecule has 1 aromatic carbocycles. The lowest BCUT2D eigenvalue weighted by Gasteiger charge is -2.30. The van der Waals surface area contributed by atoms with Crippen molar-refractivity contribution in [3.8, 4) is 0 Å². The number of hydrogen-bond donors (Lipinski definition) is 1. The summed E-state index contributed by atoms with van der Waals surface area (Å²) in [5.41, 5.74) is 0.456. The third kappa shape index (κ3) is 4.45. The first kappa shape index (κ1) is 17.2. The average molecular weight is 429 g/mol. The van der Waals surface area contributed by atoms with Gasteiger partial charge in [0.2, 0.25) is 5.91 Å². The predicted octanol–water partition coefficient (Wildman–Crippen LogP) is 4.11. The lowest BCUT2D eigenvalue weighted by atomic mass is 9.77. The molecule has 2 fully saturated rings. The number of halogens is 1. The van der Waals surface area contributed by atoms with Gasteiger partial charge in [0, 0.05) is 16.5 Å². The number of carbonyl (C=O) groups is 1. The Hall–Kier alpha value is -0.660. The van der Waals surface area contributed by atoms with E-state index in [0.29, 0.717) is 13.0 Å². The Bertz CT molecular complexity index is 571. The van der Waals surface area contributed by atoms with Crippen LogP contribution in [0, 0.1) is 3.57 Å². The lowest BCUT2D eigenvalue weighted by molar-refractivity contribution is -0.351. The van der Waals surface area contributed by atoms with Crippen molar-refractivity contribution in [1.82, 2.24) is 5.32 Å². The van der Waals surface area contributed by atoms with Gasteiger partial charge >= 0.3 is 0 Å². The SMILES string of the molecule is CC1(CC(=O)NCc2cccc(I)c2)CC2(CCCCC2)OO1. The fourth-order valence-electron chi connectivity index (χ4n) is 3.73. The Labute approximate surface area is 151 Å². The molecule has 1 amide bonds. The molecule has 0 bridgehead atoms. The quantitative estimate of drug-likeness (QED) is 0.579. The molecule has 1 aromatic rings. The maximum Gasteiger partial charge on any atom is 0.223 e. The lowest BCUT2D eigenvalue weighted by Crippen LogP contribution is -2.37. The van der Waals surface area contributed by atoms with E-state index < -0.39 is 5.60 Å². The van der Waals surface area contributed by atoms with Crippen LogP contribution in [0.1, 0.15) is 57.4 Å². The van der Waals surface area contributed by atoms with Crippen LogP contribution in [0.3, 0.4) is 0 Å². The molecule has 0 radical (unpaired) electrons. The van der Waals surface area contributed by atoms with E-state index in [-0.39, 0.29) is 11.5 Å². The number of amides is 1. The Morgan fingerprint density at radius 3 is 2.78 bits per heavy atom. The number of hydrogen-bond acceptors (Lipinski definition) is 3. The first-order valence-corrected chi connectivity index (χ1v) is 9.45. The van der Waals surface area contributed by atoms with E-state index in [1.165, 1.54) is 22.8 Å². The zero-order valence-electron chi connectivity index (χ0n) is 13.6. The summed E-state index contributed by atoms with van der Waals surface area (Å²) >= 11 is 2.28. The minimum Gasteiger partial charge on any atom is -0.352 e. The molecular weight excluding hydrogens is 405 g/mol. The highest BCUT2D eigenvalue weighted by Gasteiger charge is 2.50. The monoisotopic (exact) mass is 429 g/mol. The summed E-state index contributed by atoms with van der Waals surface area (Å²) in [6.45, 7) is 2.54. The maximum atomic E-state index is 12.3. The van der Waals surface area contributed by atoms with Gasteiger partial charge in [-0.05, 0) is 60.1 Å². The van der Waals surface area contributed by atoms with E-state index in [4.69, 9.17) is 9.78 Å². The summed E-state index contributed by atoms with van der Waals surface area (Å²) < 4.78 is 1.17. The highest BCUT2D eigenvalue weighted by molar-refractivity contribution is 14.1. The molecular formula is C18H24INO3. The predicted molar refractivity (Wildman–Crippen MR) is 96.6 cm³/mol. The summed E-state index contributed by atoms with van der Waals surface area (Å²) in [5, 5.41) is 2.99. The van der Waals surface area contributed by atoms with Crippen LogP contribution in [0.2, 0.25) is 0 Å². The van der Waals surface area contributed by atoms with Gasteiger partial charge in [0.1, 0.15) is 11.2 Å². The molecule has 1 aliphatic carbocycles. The molecule has 126 valence electrons. The van der Waals surface area contributed by atoms with Gasteiger partial charge in [-0.2, -0.15) is 0 Å². The molecule has 23 heavy (non-hydrogen) atoms. The molecule has 1 spiro atoms. The van der Waals surface area contributed by atoms with E-state index in [9.17, 15) is 4.79 Å². The summed E-state index contributed by atoms with van der Waals surface area (Å²) in [6, 6.07) is 8.15. The second-order valence-electron chi connectivity index (χ2n) is 7.12. The first-order chi connectivity index (χ1) is 11.0. The normalized spacial score (nSPS) is 26.3. The zero-order valence-corrected chi connectivity index (χ0v) is 15.7. The molecule has 1 unspecified atom stereocenters. The second kappa shape index (κ2) is 7.07. The third-order valence-corrected chi connectivity index (χ3v) is 5.46. The van der Waals surface area contributed by atoms with E-state index in [1.807, 2.05) is 25.1 Å². The van der Waals surface area contributed by atoms with Gasteiger partial charge in [-0.25, -0.2) is 9.78 Å². The molecule has 1 aliphatic heterocycles. The van der Waals surface area contributed by atoms with Crippen LogP contribution in [-0.4, -0.2) is 17.1 Å². The minimum atomic E-state index is -0.507. The smallest absolute Gasteiger partial charge is 0.223 e. The van der Waals surface area contributed by atoms with E-state index in [0.717, 1.165) is 24.8 Å². The van der Waals surface area contributed by atoms with E-state index >= 15 is 0 Å². The fraction of sp³-hybridized carbons (Fsp3) is 0.611. The van der Waals surface area contributed by atoms with Gasteiger partial charge in [-0.15, -0.1) is 0 Å². The Morgan fingerprint density at radius 2 is 2.04 bits per heavy atom. The van der Waals surface area contributed by atoms with Crippen molar-refractivity contribution in [1.29, 1.82) is 0 Å². The third-order valence-electron chi connectivity index (χ3n) is 4.79. The Balaban J connectivity index is 1.51. The number of rotatable bonds is 4. The minimum absolute atomic E-state index is 0.0165. The maximum absolute atomic E-state index is 12.3. The van der Waals surface area contributed by atoms with Crippen molar-refractivity contribution >= 4 is 28.5 Å². The van der Waals surface area contributed by atoms with Gasteiger partial charge in [0.15, 0.2) is 0 Å². The molecule has 4 nitrogen and oxygen atoms in total. The molecule has 0 aromatic heterocycles. The van der Waals surface area contributed by atoms with Gasteiger partial charge in [0.25, 0.3) is 0 Å². The number of carbonyl (C=O) groups excluding carboxylic acids is 1. The van der Waals surface area contributed by atoms with Crippen LogP contribution >= 0.6 is 22.6 Å². The summed E-state index contributed by atoms with van der Waals surface area (Å²) in [6.07, 6.45) is 6.92.